The Bertz CT molecular complexity index is 461. The minimum atomic E-state index is -0.0621. The fourth-order valence-corrected chi connectivity index (χ4v) is 3.94. The maximum atomic E-state index is 6.41. The van der Waals surface area contributed by atoms with Crippen molar-refractivity contribution in [1.29, 1.82) is 0 Å². The van der Waals surface area contributed by atoms with Gasteiger partial charge in [0.2, 0.25) is 0 Å². The Hall–Kier alpha value is -0.580. The summed E-state index contributed by atoms with van der Waals surface area (Å²) >= 11 is 6.41. The van der Waals surface area contributed by atoms with E-state index in [0.717, 1.165) is 42.3 Å². The Kier molecular flexibility index (Phi) is 5.69. The summed E-state index contributed by atoms with van der Waals surface area (Å²) in [6.07, 6.45) is 6.94. The van der Waals surface area contributed by atoms with E-state index in [1.54, 1.807) is 4.68 Å². The van der Waals surface area contributed by atoms with E-state index < -0.39 is 0 Å². The topological polar surface area (TPSA) is 39.1 Å². The zero-order valence-corrected chi connectivity index (χ0v) is 14.5. The molecule has 0 aliphatic heterocycles. The van der Waals surface area contributed by atoms with E-state index in [2.05, 4.69) is 17.3 Å². The molecule has 1 aliphatic rings. The van der Waals surface area contributed by atoms with Gasteiger partial charge in [0, 0.05) is 25.3 Å². The van der Waals surface area contributed by atoms with E-state index in [4.69, 9.17) is 16.3 Å². The molecule has 0 aromatic carbocycles. The molecule has 0 radical (unpaired) electrons. The quantitative estimate of drug-likeness (QED) is 0.876. The maximum Gasteiger partial charge on any atom is 0.130 e. The van der Waals surface area contributed by atoms with Crippen LogP contribution >= 0.6 is 11.6 Å². The van der Waals surface area contributed by atoms with Gasteiger partial charge in [-0.1, -0.05) is 30.9 Å². The summed E-state index contributed by atoms with van der Waals surface area (Å²) in [5.41, 5.74) is 2.10. The molecule has 1 aromatic rings. The van der Waals surface area contributed by atoms with Crippen LogP contribution in [-0.2, 0) is 18.2 Å². The van der Waals surface area contributed by atoms with E-state index in [1.165, 1.54) is 19.3 Å². The first-order valence-electron chi connectivity index (χ1n) is 8.03. The van der Waals surface area contributed by atoms with Gasteiger partial charge in [0.25, 0.3) is 0 Å². The molecular formula is C16H28ClN3O. The van der Waals surface area contributed by atoms with Crippen molar-refractivity contribution >= 4 is 11.6 Å². The molecule has 5 heteroatoms. The lowest BCUT2D eigenvalue weighted by Crippen LogP contribution is -2.54. The maximum absolute atomic E-state index is 6.41. The van der Waals surface area contributed by atoms with Crippen molar-refractivity contribution in [1.82, 2.24) is 15.1 Å². The summed E-state index contributed by atoms with van der Waals surface area (Å²) in [5.74, 6) is 0. The largest absolute Gasteiger partial charge is 0.374 e. The van der Waals surface area contributed by atoms with Crippen molar-refractivity contribution < 1.29 is 4.74 Å². The highest BCUT2D eigenvalue weighted by atomic mass is 35.5. The molecule has 0 bridgehead atoms. The second kappa shape index (κ2) is 7.12. The SMILES string of the molecule is CCOC1(C(Cc2c(C)nn(C)c2Cl)NC)CCCCC1. The molecule has 2 rings (SSSR count). The summed E-state index contributed by atoms with van der Waals surface area (Å²) in [6, 6.07) is 0.276. The van der Waals surface area contributed by atoms with Gasteiger partial charge in [-0.3, -0.25) is 4.68 Å². The lowest BCUT2D eigenvalue weighted by Gasteiger charge is -2.43. The molecule has 1 unspecified atom stereocenters. The van der Waals surface area contributed by atoms with E-state index in [0.29, 0.717) is 0 Å². The normalized spacial score (nSPS) is 19.7. The Balaban J connectivity index is 2.24. The van der Waals surface area contributed by atoms with Gasteiger partial charge in [-0.05, 0) is 40.2 Å². The summed E-state index contributed by atoms with van der Waals surface area (Å²) in [4.78, 5) is 0. The number of halogens is 1. The molecule has 0 spiro atoms. The number of nitrogens with zero attached hydrogens (tertiary/aromatic N) is 2. The molecule has 1 saturated carbocycles. The van der Waals surface area contributed by atoms with Gasteiger partial charge in [0.15, 0.2) is 0 Å². The number of aryl methyl sites for hydroxylation is 2. The fourth-order valence-electron chi connectivity index (χ4n) is 3.69. The highest BCUT2D eigenvalue weighted by Crippen LogP contribution is 2.36. The van der Waals surface area contributed by atoms with Crippen LogP contribution < -0.4 is 5.32 Å². The minimum absolute atomic E-state index is 0.0621. The number of nitrogens with one attached hydrogen (secondary N) is 1. The standard InChI is InChI=1S/C16H28ClN3O/c1-5-21-16(9-7-6-8-10-16)14(18-3)11-13-12(2)19-20(4)15(13)17/h14,18H,5-11H2,1-4H3. The van der Waals surface area contributed by atoms with Crippen LogP contribution in [0.15, 0.2) is 0 Å². The Labute approximate surface area is 133 Å². The predicted molar refractivity (Wildman–Crippen MR) is 86.9 cm³/mol. The number of hydrogen-bond donors (Lipinski definition) is 1. The zero-order valence-electron chi connectivity index (χ0n) is 13.7. The summed E-state index contributed by atoms with van der Waals surface area (Å²) in [5, 5.41) is 8.66. The van der Waals surface area contributed by atoms with E-state index in [-0.39, 0.29) is 11.6 Å². The number of rotatable bonds is 6. The van der Waals surface area contributed by atoms with Crippen LogP contribution in [-0.4, -0.2) is 35.1 Å². The van der Waals surface area contributed by atoms with Gasteiger partial charge >= 0.3 is 0 Å². The summed E-state index contributed by atoms with van der Waals surface area (Å²) in [7, 11) is 3.92. The number of ether oxygens (including phenoxy) is 1. The van der Waals surface area contributed by atoms with Crippen LogP contribution in [0.25, 0.3) is 0 Å². The van der Waals surface area contributed by atoms with Gasteiger partial charge in [0.1, 0.15) is 5.15 Å². The van der Waals surface area contributed by atoms with E-state index in [1.807, 2.05) is 21.0 Å². The second-order valence-corrected chi connectivity index (χ2v) is 6.44. The van der Waals surface area contributed by atoms with Gasteiger partial charge in [-0.2, -0.15) is 5.10 Å². The first kappa shape index (κ1) is 16.8. The van der Waals surface area contributed by atoms with Gasteiger partial charge < -0.3 is 10.1 Å². The minimum Gasteiger partial charge on any atom is -0.374 e. The molecule has 0 amide bonds. The third-order valence-electron chi connectivity index (χ3n) is 4.79. The van der Waals surface area contributed by atoms with Crippen LogP contribution in [0.1, 0.15) is 50.3 Å². The first-order valence-corrected chi connectivity index (χ1v) is 8.41. The van der Waals surface area contributed by atoms with Crippen LogP contribution in [0.2, 0.25) is 5.15 Å². The molecule has 1 fully saturated rings. The highest BCUT2D eigenvalue weighted by molar-refractivity contribution is 6.30. The summed E-state index contributed by atoms with van der Waals surface area (Å²) in [6.45, 7) is 4.88. The van der Waals surface area contributed by atoms with Crippen molar-refractivity contribution in [2.24, 2.45) is 7.05 Å². The molecule has 0 saturated heterocycles. The van der Waals surface area contributed by atoms with Crippen LogP contribution in [0.4, 0.5) is 0 Å². The van der Waals surface area contributed by atoms with Crippen molar-refractivity contribution in [2.75, 3.05) is 13.7 Å². The molecule has 1 N–H and O–H groups in total. The molecule has 21 heavy (non-hydrogen) atoms. The van der Waals surface area contributed by atoms with E-state index in [9.17, 15) is 0 Å². The molecule has 4 nitrogen and oxygen atoms in total. The Morgan fingerprint density at radius 1 is 1.38 bits per heavy atom. The lowest BCUT2D eigenvalue weighted by atomic mass is 9.77. The first-order chi connectivity index (χ1) is 10.0. The molecule has 1 heterocycles. The average molecular weight is 314 g/mol. The van der Waals surface area contributed by atoms with E-state index >= 15 is 0 Å². The molecule has 1 atom stereocenters. The highest BCUT2D eigenvalue weighted by Gasteiger charge is 2.40. The van der Waals surface area contributed by atoms with Crippen molar-refractivity contribution in [3.63, 3.8) is 0 Å². The van der Waals surface area contributed by atoms with Gasteiger partial charge in [0.05, 0.1) is 11.3 Å². The lowest BCUT2D eigenvalue weighted by molar-refractivity contribution is -0.0883. The molecule has 120 valence electrons. The number of likely N-dealkylation sites (N-methyl/N-ethyl adjacent to an activating group) is 1. The van der Waals surface area contributed by atoms with Crippen molar-refractivity contribution in [3.05, 3.63) is 16.4 Å². The van der Waals surface area contributed by atoms with Gasteiger partial charge in [-0.15, -0.1) is 0 Å². The second-order valence-electron chi connectivity index (χ2n) is 6.08. The average Bonchev–Trinajstić information content (AvgIpc) is 2.71. The molecular weight excluding hydrogens is 286 g/mol. The third-order valence-corrected chi connectivity index (χ3v) is 5.27. The Morgan fingerprint density at radius 2 is 2.05 bits per heavy atom. The van der Waals surface area contributed by atoms with Crippen molar-refractivity contribution in [2.45, 2.75) is 64.0 Å². The monoisotopic (exact) mass is 313 g/mol. The smallest absolute Gasteiger partial charge is 0.130 e. The van der Waals surface area contributed by atoms with Crippen LogP contribution in [0.5, 0.6) is 0 Å². The Morgan fingerprint density at radius 3 is 2.52 bits per heavy atom. The van der Waals surface area contributed by atoms with Crippen LogP contribution in [0, 0.1) is 6.92 Å². The number of aromatic nitrogens is 2. The molecule has 1 aromatic heterocycles. The number of hydrogen-bond acceptors (Lipinski definition) is 3. The molecule has 1 aliphatic carbocycles. The van der Waals surface area contributed by atoms with Gasteiger partial charge in [-0.25, -0.2) is 0 Å². The van der Waals surface area contributed by atoms with Crippen molar-refractivity contribution in [3.8, 4) is 0 Å². The fraction of sp³-hybridized carbons (Fsp3) is 0.812. The summed E-state index contributed by atoms with van der Waals surface area (Å²) < 4.78 is 8.01. The third kappa shape index (κ3) is 3.43. The predicted octanol–water partition coefficient (Wildman–Crippen LogP) is 3.25. The van der Waals surface area contributed by atoms with Crippen LogP contribution in [0.3, 0.4) is 0 Å². The zero-order chi connectivity index (χ0) is 15.5.